The summed E-state index contributed by atoms with van der Waals surface area (Å²) in [6.45, 7) is 5.29. The van der Waals surface area contributed by atoms with Gasteiger partial charge in [-0.05, 0) is 67.4 Å². The molecule has 0 saturated heterocycles. The summed E-state index contributed by atoms with van der Waals surface area (Å²) in [6.07, 6.45) is 2.86. The van der Waals surface area contributed by atoms with E-state index in [1.807, 2.05) is 54.4 Å². The van der Waals surface area contributed by atoms with E-state index in [0.717, 1.165) is 17.7 Å². The van der Waals surface area contributed by atoms with Crippen molar-refractivity contribution in [3.8, 4) is 6.07 Å². The molecule has 0 unspecified atom stereocenters. The lowest BCUT2D eigenvalue weighted by atomic mass is 10.2. The molecule has 0 radical (unpaired) electrons. The van der Waals surface area contributed by atoms with E-state index < -0.39 is 0 Å². The number of nitrogens with one attached hydrogen (secondary N) is 1. The molecule has 0 aliphatic heterocycles. The van der Waals surface area contributed by atoms with Crippen molar-refractivity contribution >= 4 is 23.3 Å². The molecule has 154 valence electrons. The van der Waals surface area contributed by atoms with Crippen LogP contribution < -0.4 is 5.32 Å². The van der Waals surface area contributed by atoms with Gasteiger partial charge in [0.15, 0.2) is 0 Å². The van der Waals surface area contributed by atoms with Crippen molar-refractivity contribution in [3.63, 3.8) is 0 Å². The van der Waals surface area contributed by atoms with Crippen molar-refractivity contribution in [1.82, 2.24) is 9.47 Å². The summed E-state index contributed by atoms with van der Waals surface area (Å²) in [5.74, 6) is 0. The standard InChI is InChI=1S/C24H25ClN4O/c1-3-18(2)29(24(30)27-22-11-9-19(15-26)10-12-22)17-23-8-5-13-28(23)16-20-6-4-7-21(25)14-20/h4-14,18H,3,16-17H2,1-2H3,(H,27,30)/t18-/m1/s1. The van der Waals surface area contributed by atoms with Crippen molar-refractivity contribution < 1.29 is 4.79 Å². The number of amides is 2. The van der Waals surface area contributed by atoms with Gasteiger partial charge in [0.2, 0.25) is 0 Å². The summed E-state index contributed by atoms with van der Waals surface area (Å²) in [6, 6.07) is 20.7. The second-order valence-corrected chi connectivity index (χ2v) is 7.70. The average molecular weight is 421 g/mol. The van der Waals surface area contributed by atoms with Gasteiger partial charge in [-0.1, -0.05) is 30.7 Å². The largest absolute Gasteiger partial charge is 0.345 e. The number of benzene rings is 2. The molecule has 2 aromatic carbocycles. The van der Waals surface area contributed by atoms with Crippen molar-refractivity contribution in [2.45, 2.75) is 39.4 Å². The van der Waals surface area contributed by atoms with Gasteiger partial charge in [-0.3, -0.25) is 0 Å². The van der Waals surface area contributed by atoms with Gasteiger partial charge in [-0.15, -0.1) is 0 Å². The lowest BCUT2D eigenvalue weighted by Gasteiger charge is -2.29. The van der Waals surface area contributed by atoms with Gasteiger partial charge >= 0.3 is 6.03 Å². The third kappa shape index (κ3) is 5.43. The molecule has 3 rings (SSSR count). The van der Waals surface area contributed by atoms with Crippen LogP contribution >= 0.6 is 11.6 Å². The Labute approximate surface area is 182 Å². The van der Waals surface area contributed by atoms with Crippen LogP contribution in [0.4, 0.5) is 10.5 Å². The number of aromatic nitrogens is 1. The molecule has 1 N–H and O–H groups in total. The van der Waals surface area contributed by atoms with E-state index in [0.29, 0.717) is 29.4 Å². The number of rotatable bonds is 7. The van der Waals surface area contributed by atoms with Crippen LogP contribution in [0.5, 0.6) is 0 Å². The lowest BCUT2D eigenvalue weighted by molar-refractivity contribution is 0.185. The van der Waals surface area contributed by atoms with Crippen molar-refractivity contribution in [2.75, 3.05) is 5.32 Å². The molecular weight excluding hydrogens is 396 g/mol. The Morgan fingerprint density at radius 1 is 1.20 bits per heavy atom. The molecule has 6 heteroatoms. The number of carbonyl (C=O) groups excluding carboxylic acids is 1. The Bertz CT molecular complexity index is 1040. The van der Waals surface area contributed by atoms with E-state index in [4.69, 9.17) is 16.9 Å². The summed E-state index contributed by atoms with van der Waals surface area (Å²) >= 11 is 6.12. The summed E-state index contributed by atoms with van der Waals surface area (Å²) in [5.41, 5.74) is 3.38. The van der Waals surface area contributed by atoms with E-state index >= 15 is 0 Å². The number of anilines is 1. The van der Waals surface area contributed by atoms with Crippen molar-refractivity contribution in [1.29, 1.82) is 5.26 Å². The Kier molecular flexibility index (Phi) is 7.16. The third-order valence-corrected chi connectivity index (χ3v) is 5.38. The van der Waals surface area contributed by atoms with E-state index in [1.165, 1.54) is 0 Å². The molecular formula is C24H25ClN4O. The molecule has 0 aliphatic rings. The summed E-state index contributed by atoms with van der Waals surface area (Å²) in [5, 5.41) is 12.6. The van der Waals surface area contributed by atoms with E-state index in [9.17, 15) is 4.79 Å². The molecule has 0 spiro atoms. The SMILES string of the molecule is CC[C@@H](C)N(Cc1cccn1Cc1cccc(Cl)c1)C(=O)Nc1ccc(C#N)cc1. The van der Waals surface area contributed by atoms with Crippen LogP contribution in [0.25, 0.3) is 0 Å². The highest BCUT2D eigenvalue weighted by Gasteiger charge is 2.21. The van der Waals surface area contributed by atoms with Crippen LogP contribution in [-0.2, 0) is 13.1 Å². The predicted molar refractivity (Wildman–Crippen MR) is 120 cm³/mol. The van der Waals surface area contributed by atoms with Crippen LogP contribution in [0.15, 0.2) is 66.9 Å². The molecule has 1 atom stereocenters. The van der Waals surface area contributed by atoms with Gasteiger partial charge in [-0.25, -0.2) is 4.79 Å². The fourth-order valence-electron chi connectivity index (χ4n) is 3.23. The molecule has 0 fully saturated rings. The quantitative estimate of drug-likeness (QED) is 0.517. The van der Waals surface area contributed by atoms with Crippen LogP contribution in [0.2, 0.25) is 5.02 Å². The number of carbonyl (C=O) groups is 1. The Balaban J connectivity index is 1.76. The van der Waals surface area contributed by atoms with Crippen LogP contribution in [0.1, 0.15) is 37.1 Å². The zero-order valence-corrected chi connectivity index (χ0v) is 17.9. The second-order valence-electron chi connectivity index (χ2n) is 7.26. The Hall–Kier alpha value is -3.23. The van der Waals surface area contributed by atoms with Gasteiger partial charge < -0.3 is 14.8 Å². The summed E-state index contributed by atoms with van der Waals surface area (Å²) < 4.78 is 2.13. The minimum absolute atomic E-state index is 0.0675. The topological polar surface area (TPSA) is 61.1 Å². The number of nitrogens with zero attached hydrogens (tertiary/aromatic N) is 3. The highest BCUT2D eigenvalue weighted by atomic mass is 35.5. The van der Waals surface area contributed by atoms with Crippen molar-refractivity contribution in [3.05, 3.63) is 88.7 Å². The molecule has 0 bridgehead atoms. The summed E-state index contributed by atoms with van der Waals surface area (Å²) in [7, 11) is 0. The average Bonchev–Trinajstić information content (AvgIpc) is 3.18. The molecule has 0 aliphatic carbocycles. The molecule has 1 heterocycles. The van der Waals surface area contributed by atoms with Gasteiger partial charge in [0.05, 0.1) is 18.2 Å². The minimum Gasteiger partial charge on any atom is -0.345 e. The minimum atomic E-state index is -0.162. The first-order valence-electron chi connectivity index (χ1n) is 9.96. The first kappa shape index (κ1) is 21.5. The molecule has 1 aromatic heterocycles. The Morgan fingerprint density at radius 2 is 1.97 bits per heavy atom. The number of hydrogen-bond donors (Lipinski definition) is 1. The van der Waals surface area contributed by atoms with Crippen LogP contribution in [0, 0.1) is 11.3 Å². The van der Waals surface area contributed by atoms with E-state index in [2.05, 4.69) is 22.9 Å². The zero-order valence-electron chi connectivity index (χ0n) is 17.2. The highest BCUT2D eigenvalue weighted by molar-refractivity contribution is 6.30. The molecule has 5 nitrogen and oxygen atoms in total. The fraction of sp³-hybridized carbons (Fsp3) is 0.250. The first-order valence-corrected chi connectivity index (χ1v) is 10.3. The number of halogens is 1. The predicted octanol–water partition coefficient (Wildman–Crippen LogP) is 5.89. The normalized spacial score (nSPS) is 11.5. The number of nitriles is 1. The van der Waals surface area contributed by atoms with Crippen LogP contribution in [0.3, 0.4) is 0 Å². The van der Waals surface area contributed by atoms with Crippen molar-refractivity contribution in [2.24, 2.45) is 0 Å². The first-order chi connectivity index (χ1) is 14.5. The third-order valence-electron chi connectivity index (χ3n) is 5.15. The number of hydrogen-bond acceptors (Lipinski definition) is 2. The van der Waals surface area contributed by atoms with E-state index in [1.54, 1.807) is 24.3 Å². The number of urea groups is 1. The van der Waals surface area contributed by atoms with Gasteiger partial charge in [0.25, 0.3) is 0 Å². The van der Waals surface area contributed by atoms with Crippen LogP contribution in [-0.4, -0.2) is 21.5 Å². The maximum Gasteiger partial charge on any atom is 0.322 e. The van der Waals surface area contributed by atoms with Gasteiger partial charge in [0, 0.05) is 35.2 Å². The molecule has 3 aromatic rings. The zero-order chi connectivity index (χ0) is 21.5. The maximum absolute atomic E-state index is 13.0. The van der Waals surface area contributed by atoms with E-state index in [-0.39, 0.29) is 12.1 Å². The monoisotopic (exact) mass is 420 g/mol. The van der Waals surface area contributed by atoms with Gasteiger partial charge in [0.1, 0.15) is 0 Å². The second kappa shape index (κ2) is 10.00. The Morgan fingerprint density at radius 3 is 2.63 bits per heavy atom. The highest BCUT2D eigenvalue weighted by Crippen LogP contribution is 2.18. The molecule has 30 heavy (non-hydrogen) atoms. The smallest absolute Gasteiger partial charge is 0.322 e. The molecule has 0 saturated carbocycles. The maximum atomic E-state index is 13.0. The molecule has 2 amide bonds. The van der Waals surface area contributed by atoms with Gasteiger partial charge in [-0.2, -0.15) is 5.26 Å². The summed E-state index contributed by atoms with van der Waals surface area (Å²) in [4.78, 5) is 14.9. The lowest BCUT2D eigenvalue weighted by Crippen LogP contribution is -2.41. The fourth-order valence-corrected chi connectivity index (χ4v) is 3.44.